The largest absolute Gasteiger partial charge is 0.465 e. The molecule has 0 aromatic rings. The van der Waals surface area contributed by atoms with Gasteiger partial charge >= 0.3 is 23.9 Å². The molecule has 0 bridgehead atoms. The maximum Gasteiger partial charge on any atom is 0.306 e. The second-order valence-electron chi connectivity index (χ2n) is 33.7. The Balaban J connectivity index is 5.41. The van der Waals surface area contributed by atoms with Crippen molar-refractivity contribution in [3.63, 3.8) is 0 Å². The highest BCUT2D eigenvalue weighted by atomic mass is 16.6. The van der Waals surface area contributed by atoms with Crippen molar-refractivity contribution in [1.29, 1.82) is 0 Å². The molecule has 2 amide bonds. The first-order valence-corrected chi connectivity index (χ1v) is 48.0. The number of hydrogen-bond acceptors (Lipinski definition) is 12. The normalized spacial score (nSPS) is 12.2. The summed E-state index contributed by atoms with van der Waals surface area (Å²) in [5, 5.41) is 6.31. The first kappa shape index (κ1) is 106. The summed E-state index contributed by atoms with van der Waals surface area (Å²) in [4.78, 5) is 83.1. The molecule has 14 nitrogen and oxygen atoms in total. The Kier molecular flexibility index (Phi) is 81.6. The number of carbonyl (C=O) groups excluding carboxylic acids is 6. The third kappa shape index (κ3) is 78.4. The van der Waals surface area contributed by atoms with Gasteiger partial charge in [-0.3, -0.25) is 28.8 Å². The van der Waals surface area contributed by atoms with Gasteiger partial charge in [0.05, 0.1) is 13.2 Å². The van der Waals surface area contributed by atoms with E-state index in [1.165, 1.54) is 218 Å². The molecule has 0 heterocycles. The number of nitrogens with one attached hydrogen (secondary N) is 2. The highest BCUT2D eigenvalue weighted by Crippen LogP contribution is 2.23. The molecule has 2 N–H and O–H groups in total. The van der Waals surface area contributed by atoms with Crippen molar-refractivity contribution < 1.29 is 47.7 Å². The predicted molar refractivity (Wildman–Crippen MR) is 462 cm³/mol. The van der Waals surface area contributed by atoms with Crippen molar-refractivity contribution >= 4 is 35.7 Å². The Labute approximate surface area is 675 Å². The fourth-order valence-electron chi connectivity index (χ4n) is 15.1. The SMILES string of the molecule is CCCCCCCCCC(C)COC(=O)CCCCCN(CCCCCCCC(=O)OC(CCCCCCCC)CCCCCCCC)CCNC(=O)CCCC(=O)NCCN(CCCCCCCC(=O)OC(CCCCCCCC)CCCCCCCC)CCCCCC(=O)OCC(C)CCCCCCCCC. The van der Waals surface area contributed by atoms with E-state index in [2.05, 4.69) is 75.8 Å². The van der Waals surface area contributed by atoms with Crippen LogP contribution in [0.1, 0.15) is 486 Å². The number of carbonyl (C=O) groups is 6. The van der Waals surface area contributed by atoms with Gasteiger partial charge in [-0.1, -0.05) is 325 Å². The molecular weight excluding hydrogens is 1360 g/mol. The summed E-state index contributed by atoms with van der Waals surface area (Å²) in [6, 6.07) is 0. The summed E-state index contributed by atoms with van der Waals surface area (Å²) in [5.74, 6) is 0.501. The maximum absolute atomic E-state index is 13.2. The molecule has 644 valence electrons. The van der Waals surface area contributed by atoms with Crippen LogP contribution in [-0.4, -0.2) is 123 Å². The average Bonchev–Trinajstić information content (AvgIpc) is 1.05. The van der Waals surface area contributed by atoms with Gasteiger partial charge in [0.15, 0.2) is 0 Å². The molecule has 0 aromatic carbocycles. The van der Waals surface area contributed by atoms with Crippen LogP contribution in [0.15, 0.2) is 0 Å². The fourth-order valence-corrected chi connectivity index (χ4v) is 15.1. The number of nitrogens with zero attached hydrogens (tertiary/aromatic N) is 2. The van der Waals surface area contributed by atoms with E-state index in [-0.39, 0.29) is 47.9 Å². The predicted octanol–water partition coefficient (Wildman–Crippen LogP) is 26.3. The molecule has 2 atom stereocenters. The van der Waals surface area contributed by atoms with Gasteiger partial charge in [0.25, 0.3) is 0 Å². The van der Waals surface area contributed by atoms with Gasteiger partial charge in [-0.25, -0.2) is 0 Å². The van der Waals surface area contributed by atoms with Gasteiger partial charge in [0.1, 0.15) is 12.2 Å². The summed E-state index contributed by atoms with van der Waals surface area (Å²) >= 11 is 0. The molecule has 2 unspecified atom stereocenters. The van der Waals surface area contributed by atoms with Crippen molar-refractivity contribution in [2.24, 2.45) is 11.8 Å². The van der Waals surface area contributed by atoms with Crippen LogP contribution >= 0.6 is 0 Å². The van der Waals surface area contributed by atoms with Crippen LogP contribution in [0.25, 0.3) is 0 Å². The van der Waals surface area contributed by atoms with Crippen molar-refractivity contribution in [1.82, 2.24) is 20.4 Å². The van der Waals surface area contributed by atoms with Gasteiger partial charge in [0, 0.05) is 64.7 Å². The lowest BCUT2D eigenvalue weighted by Gasteiger charge is -2.23. The van der Waals surface area contributed by atoms with E-state index in [1.807, 2.05) is 0 Å². The lowest BCUT2D eigenvalue weighted by molar-refractivity contribution is -0.151. The maximum atomic E-state index is 13.2. The third-order valence-electron chi connectivity index (χ3n) is 22.5. The number of hydrogen-bond donors (Lipinski definition) is 2. The van der Waals surface area contributed by atoms with Crippen LogP contribution in [-0.2, 0) is 47.7 Å². The fraction of sp³-hybridized carbons (Fsp3) is 0.937. The Morgan fingerprint density at radius 2 is 0.459 bits per heavy atom. The number of amides is 2. The lowest BCUT2D eigenvalue weighted by Crippen LogP contribution is -2.36. The summed E-state index contributed by atoms with van der Waals surface area (Å²) in [6.07, 6.45) is 73.0. The molecular formula is C95H184N4O10. The molecule has 0 radical (unpaired) electrons. The molecule has 14 heteroatoms. The minimum atomic E-state index is -0.0881. The molecule has 109 heavy (non-hydrogen) atoms. The Morgan fingerprint density at radius 1 is 0.239 bits per heavy atom. The van der Waals surface area contributed by atoms with E-state index in [0.717, 1.165) is 206 Å². The van der Waals surface area contributed by atoms with Crippen LogP contribution in [0.3, 0.4) is 0 Å². The first-order chi connectivity index (χ1) is 53.3. The smallest absolute Gasteiger partial charge is 0.306 e. The number of ether oxygens (including phenoxy) is 4. The molecule has 0 saturated heterocycles. The summed E-state index contributed by atoms with van der Waals surface area (Å²) in [5.41, 5.74) is 0. The van der Waals surface area contributed by atoms with E-state index >= 15 is 0 Å². The zero-order valence-corrected chi connectivity index (χ0v) is 73.7. The van der Waals surface area contributed by atoms with Crippen LogP contribution < -0.4 is 10.6 Å². The Morgan fingerprint density at radius 3 is 0.734 bits per heavy atom. The zero-order chi connectivity index (χ0) is 79.6. The molecule has 0 aliphatic carbocycles. The monoisotopic (exact) mass is 1540 g/mol. The number of rotatable bonds is 88. The number of esters is 4. The van der Waals surface area contributed by atoms with Crippen LogP contribution in [0, 0.1) is 11.8 Å². The van der Waals surface area contributed by atoms with Crippen molar-refractivity contribution in [3.8, 4) is 0 Å². The highest BCUT2D eigenvalue weighted by molar-refractivity contribution is 5.78. The average molecular weight is 1540 g/mol. The quantitative estimate of drug-likeness (QED) is 0.0336. The van der Waals surface area contributed by atoms with E-state index in [9.17, 15) is 28.8 Å². The second-order valence-corrected chi connectivity index (χ2v) is 33.7. The van der Waals surface area contributed by atoms with E-state index in [1.54, 1.807) is 0 Å². The highest BCUT2D eigenvalue weighted by Gasteiger charge is 2.19. The van der Waals surface area contributed by atoms with Crippen molar-refractivity contribution in [2.75, 3.05) is 65.6 Å². The van der Waals surface area contributed by atoms with E-state index in [4.69, 9.17) is 18.9 Å². The topological polar surface area (TPSA) is 170 Å². The molecule has 0 aromatic heterocycles. The van der Waals surface area contributed by atoms with Gasteiger partial charge in [0.2, 0.25) is 11.8 Å². The summed E-state index contributed by atoms with van der Waals surface area (Å²) < 4.78 is 23.7. The Hall–Kier alpha value is -3.26. The number of unbranched alkanes of at least 4 members (excludes halogenated alkanes) is 44. The van der Waals surface area contributed by atoms with Crippen molar-refractivity contribution in [2.45, 2.75) is 498 Å². The van der Waals surface area contributed by atoms with Crippen LogP contribution in [0.4, 0.5) is 0 Å². The molecule has 0 fully saturated rings. The van der Waals surface area contributed by atoms with Crippen molar-refractivity contribution in [3.05, 3.63) is 0 Å². The summed E-state index contributed by atoms with van der Waals surface area (Å²) in [6.45, 7) is 25.2. The first-order valence-electron chi connectivity index (χ1n) is 48.0. The minimum absolute atomic E-state index is 0.0232. The molecule has 0 spiro atoms. The second kappa shape index (κ2) is 84.1. The van der Waals surface area contributed by atoms with Crippen LogP contribution in [0.5, 0.6) is 0 Å². The third-order valence-corrected chi connectivity index (χ3v) is 22.5. The minimum Gasteiger partial charge on any atom is -0.465 e. The standard InChI is InChI=1S/C95H184N4O10/c1-9-15-21-27-33-37-49-64-86(7)84-106-92(102)72-57-47-61-80-98(78-59-45-35-43-55-74-94(104)108-88(66-51-39-29-23-17-11-3)67-52-40-30-24-18-12-4)82-76-96-90(100)70-63-71-91(101)97-77-83-99(81-62-48-58-73-93(103)107-85-87(8)65-50-38-34-28-22-16-10-2)79-60-46-36-44-56-75-95(105)109-89(68-53-41-31-25-19-13-5)69-54-42-32-26-20-14-6/h86-89H,9-85H2,1-8H3,(H,96,100)(H,97,101). The summed E-state index contributed by atoms with van der Waals surface area (Å²) in [7, 11) is 0. The van der Waals surface area contributed by atoms with Gasteiger partial charge in [-0.2, -0.15) is 0 Å². The van der Waals surface area contributed by atoms with Gasteiger partial charge in [-0.05, 0) is 160 Å². The zero-order valence-electron chi connectivity index (χ0n) is 73.7. The van der Waals surface area contributed by atoms with Gasteiger partial charge < -0.3 is 39.4 Å². The molecule has 0 rings (SSSR count). The van der Waals surface area contributed by atoms with Crippen LogP contribution in [0.2, 0.25) is 0 Å². The lowest BCUT2D eigenvalue weighted by atomic mass is 10.0. The Bertz CT molecular complexity index is 1830. The van der Waals surface area contributed by atoms with E-state index < -0.39 is 0 Å². The molecule has 0 aliphatic heterocycles. The molecule has 0 aliphatic rings. The van der Waals surface area contributed by atoms with Gasteiger partial charge in [-0.15, -0.1) is 0 Å². The molecule has 0 saturated carbocycles. The van der Waals surface area contributed by atoms with E-state index in [0.29, 0.717) is 83.1 Å².